The molecule has 194 valence electrons. The first-order valence-corrected chi connectivity index (χ1v) is 12.5. The van der Waals surface area contributed by atoms with Gasteiger partial charge in [0.05, 0.1) is 6.04 Å². The Hall–Kier alpha value is -3.68. The molecule has 0 unspecified atom stereocenters. The van der Waals surface area contributed by atoms with Crippen molar-refractivity contribution in [2.24, 2.45) is 0 Å². The Bertz CT molecular complexity index is 1260. The van der Waals surface area contributed by atoms with Crippen LogP contribution in [0.3, 0.4) is 0 Å². The van der Waals surface area contributed by atoms with Gasteiger partial charge >= 0.3 is 5.97 Å². The number of carboxylic acid groups (broad SMARTS) is 1. The minimum Gasteiger partial charge on any atom is -0.508 e. The maximum Gasteiger partial charge on any atom is 0.341 e. The van der Waals surface area contributed by atoms with Crippen LogP contribution in [0.1, 0.15) is 53.9 Å². The van der Waals surface area contributed by atoms with Gasteiger partial charge in [0, 0.05) is 37.3 Å². The quantitative estimate of drug-likeness (QED) is 0.409. The molecule has 0 radical (unpaired) electrons. The molecule has 0 aliphatic carbocycles. The average Bonchev–Trinajstić information content (AvgIpc) is 2.86. The third kappa shape index (κ3) is 6.56. The smallest absolute Gasteiger partial charge is 0.341 e. The second-order valence-electron chi connectivity index (χ2n) is 9.83. The van der Waals surface area contributed by atoms with E-state index in [1.807, 2.05) is 54.6 Å². The molecule has 0 bridgehead atoms. The second kappa shape index (κ2) is 11.6. The van der Waals surface area contributed by atoms with Crippen molar-refractivity contribution in [3.63, 3.8) is 0 Å². The third-order valence-electron chi connectivity index (χ3n) is 6.94. The number of ether oxygens (including phenoxy) is 1. The van der Waals surface area contributed by atoms with E-state index in [4.69, 9.17) is 9.84 Å². The van der Waals surface area contributed by atoms with Gasteiger partial charge in [-0.05, 0) is 67.8 Å². The molecule has 37 heavy (non-hydrogen) atoms. The number of phenolic OH excluding ortho intramolecular Hbond substituents is 1. The Kier molecular flexibility index (Phi) is 8.26. The Morgan fingerprint density at radius 1 is 0.946 bits per heavy atom. The number of hydrogen-bond acceptors (Lipinski definition) is 6. The van der Waals surface area contributed by atoms with E-state index >= 15 is 0 Å². The molecule has 0 amide bonds. The van der Waals surface area contributed by atoms with Crippen LogP contribution in [0, 0.1) is 0 Å². The van der Waals surface area contributed by atoms with E-state index in [1.165, 1.54) is 0 Å². The maximum absolute atomic E-state index is 12.1. The first kappa shape index (κ1) is 26.4. The number of aliphatic carboxylic acids is 1. The molecule has 7 heteroatoms. The van der Waals surface area contributed by atoms with Crippen molar-refractivity contribution >= 4 is 11.8 Å². The van der Waals surface area contributed by atoms with Gasteiger partial charge in [-0.3, -0.25) is 14.6 Å². The maximum atomic E-state index is 12.1. The molecule has 0 saturated carbocycles. The van der Waals surface area contributed by atoms with E-state index < -0.39 is 5.97 Å². The molecule has 3 aromatic rings. The van der Waals surface area contributed by atoms with Crippen molar-refractivity contribution in [2.75, 3.05) is 19.7 Å². The fraction of sp³-hybridized carbons (Fsp3) is 0.333. The molecule has 2 N–H and O–H groups in total. The van der Waals surface area contributed by atoms with E-state index in [0.717, 1.165) is 36.3 Å². The Balaban J connectivity index is 1.57. The van der Waals surface area contributed by atoms with Gasteiger partial charge in [-0.1, -0.05) is 42.5 Å². The van der Waals surface area contributed by atoms with Gasteiger partial charge in [0.1, 0.15) is 11.5 Å². The van der Waals surface area contributed by atoms with Gasteiger partial charge in [0.2, 0.25) is 0 Å². The summed E-state index contributed by atoms with van der Waals surface area (Å²) in [5.74, 6) is -0.209. The number of piperazine rings is 1. The number of carboxylic acids is 1. The van der Waals surface area contributed by atoms with E-state index in [0.29, 0.717) is 11.3 Å². The minimum absolute atomic E-state index is 0.0253. The van der Waals surface area contributed by atoms with Crippen LogP contribution >= 0.6 is 0 Å². The standard InChI is InChI=1S/C30H34N2O5/c1-20-17-32(21(2)16-31(20)18-23-7-4-12-28(13-23)37-19-29(35)36)30(26-10-6-11-27(34)15-26)25-9-5-8-24(14-25)22(3)33/h4-15,20-21,30,34H,16-19H2,1-3H3,(H,35,36)/t20-,21+,30-/m1/s1. The molecule has 1 aliphatic heterocycles. The first-order valence-electron chi connectivity index (χ1n) is 12.5. The van der Waals surface area contributed by atoms with Crippen LogP contribution in [-0.2, 0) is 11.3 Å². The molecular weight excluding hydrogens is 468 g/mol. The number of Topliss-reactive ketones (excluding diaryl/α,β-unsaturated/α-hetero) is 1. The largest absolute Gasteiger partial charge is 0.508 e. The highest BCUT2D eigenvalue weighted by Crippen LogP contribution is 2.35. The van der Waals surface area contributed by atoms with Crippen LogP contribution in [-0.4, -0.2) is 63.5 Å². The third-order valence-corrected chi connectivity index (χ3v) is 6.94. The van der Waals surface area contributed by atoms with Crippen molar-refractivity contribution in [1.82, 2.24) is 9.80 Å². The Morgan fingerprint density at radius 3 is 2.35 bits per heavy atom. The number of carbonyl (C=O) groups excluding carboxylic acids is 1. The van der Waals surface area contributed by atoms with Crippen molar-refractivity contribution in [2.45, 2.75) is 45.4 Å². The highest BCUT2D eigenvalue weighted by molar-refractivity contribution is 5.94. The zero-order chi connectivity index (χ0) is 26.5. The summed E-state index contributed by atoms with van der Waals surface area (Å²) in [5.41, 5.74) is 3.74. The predicted molar refractivity (Wildman–Crippen MR) is 142 cm³/mol. The van der Waals surface area contributed by atoms with Gasteiger partial charge in [-0.2, -0.15) is 0 Å². The normalized spacial score (nSPS) is 19.3. The molecule has 1 heterocycles. The highest BCUT2D eigenvalue weighted by atomic mass is 16.5. The molecule has 4 rings (SSSR count). The van der Waals surface area contributed by atoms with Crippen molar-refractivity contribution in [1.29, 1.82) is 0 Å². The van der Waals surface area contributed by atoms with E-state index in [9.17, 15) is 14.7 Å². The number of nitrogens with zero attached hydrogens (tertiary/aromatic N) is 2. The molecule has 0 aromatic heterocycles. The lowest BCUT2D eigenvalue weighted by molar-refractivity contribution is -0.139. The number of phenols is 1. The number of benzene rings is 3. The molecule has 0 spiro atoms. The van der Waals surface area contributed by atoms with Crippen LogP contribution in [0.4, 0.5) is 0 Å². The summed E-state index contributed by atoms with van der Waals surface area (Å²) in [6.45, 7) is 7.96. The summed E-state index contributed by atoms with van der Waals surface area (Å²) in [4.78, 5) is 27.8. The zero-order valence-corrected chi connectivity index (χ0v) is 21.5. The average molecular weight is 503 g/mol. The lowest BCUT2D eigenvalue weighted by atomic mass is 9.92. The Morgan fingerprint density at radius 2 is 1.65 bits per heavy atom. The topological polar surface area (TPSA) is 90.3 Å². The van der Waals surface area contributed by atoms with Crippen LogP contribution in [0.25, 0.3) is 0 Å². The molecule has 3 atom stereocenters. The zero-order valence-electron chi connectivity index (χ0n) is 21.5. The highest BCUT2D eigenvalue weighted by Gasteiger charge is 2.35. The van der Waals surface area contributed by atoms with E-state index in [1.54, 1.807) is 25.1 Å². The van der Waals surface area contributed by atoms with Gasteiger partial charge in [-0.15, -0.1) is 0 Å². The molecule has 1 saturated heterocycles. The summed E-state index contributed by atoms with van der Waals surface area (Å²) in [6, 6.07) is 23.0. The molecule has 1 aliphatic rings. The van der Waals surface area contributed by atoms with E-state index in [2.05, 4.69) is 23.6 Å². The summed E-state index contributed by atoms with van der Waals surface area (Å²) in [7, 11) is 0. The van der Waals surface area contributed by atoms with Crippen molar-refractivity contribution in [3.05, 3.63) is 95.1 Å². The van der Waals surface area contributed by atoms with Crippen LogP contribution in [0.2, 0.25) is 0 Å². The van der Waals surface area contributed by atoms with Gasteiger partial charge in [0.25, 0.3) is 0 Å². The monoisotopic (exact) mass is 502 g/mol. The van der Waals surface area contributed by atoms with Gasteiger partial charge < -0.3 is 14.9 Å². The summed E-state index contributed by atoms with van der Waals surface area (Å²) in [5, 5.41) is 19.1. The van der Waals surface area contributed by atoms with Crippen molar-refractivity contribution in [3.8, 4) is 11.5 Å². The summed E-state index contributed by atoms with van der Waals surface area (Å²) >= 11 is 0. The SMILES string of the molecule is CC(=O)c1cccc([C@H](c2cccc(O)c2)N2C[C@@H](C)N(Cc3cccc(OCC(=O)O)c3)C[C@@H]2C)c1. The number of rotatable bonds is 9. The Labute approximate surface area is 217 Å². The number of carbonyl (C=O) groups is 2. The van der Waals surface area contributed by atoms with Crippen LogP contribution < -0.4 is 4.74 Å². The van der Waals surface area contributed by atoms with Gasteiger partial charge in [0.15, 0.2) is 12.4 Å². The van der Waals surface area contributed by atoms with Crippen LogP contribution in [0.15, 0.2) is 72.8 Å². The number of hydrogen-bond donors (Lipinski definition) is 2. The number of aromatic hydroxyl groups is 1. The molecule has 1 fully saturated rings. The molecular formula is C30H34N2O5. The predicted octanol–water partition coefficient (Wildman–Crippen LogP) is 4.74. The second-order valence-corrected chi connectivity index (χ2v) is 9.83. The van der Waals surface area contributed by atoms with Gasteiger partial charge in [-0.25, -0.2) is 4.79 Å². The molecule has 3 aromatic carbocycles. The lowest BCUT2D eigenvalue weighted by Gasteiger charge is -2.47. The summed E-state index contributed by atoms with van der Waals surface area (Å²) < 4.78 is 5.36. The number of ketones is 1. The van der Waals surface area contributed by atoms with Crippen molar-refractivity contribution < 1.29 is 24.5 Å². The lowest BCUT2D eigenvalue weighted by Crippen LogP contribution is -2.56. The minimum atomic E-state index is -1.00. The fourth-order valence-corrected chi connectivity index (χ4v) is 5.12. The molecule has 7 nitrogen and oxygen atoms in total. The summed E-state index contributed by atoms with van der Waals surface area (Å²) in [6.07, 6.45) is 0. The van der Waals surface area contributed by atoms with E-state index in [-0.39, 0.29) is 36.3 Å². The first-order chi connectivity index (χ1) is 17.7. The van der Waals surface area contributed by atoms with Crippen LogP contribution in [0.5, 0.6) is 11.5 Å². The fourth-order valence-electron chi connectivity index (χ4n) is 5.12.